The van der Waals surface area contributed by atoms with Crippen LogP contribution >= 0.6 is 11.8 Å². The van der Waals surface area contributed by atoms with Gasteiger partial charge >= 0.3 is 0 Å². The molecule has 3 aromatic rings. The smallest absolute Gasteiger partial charge is 0.243 e. The van der Waals surface area contributed by atoms with E-state index in [-0.39, 0.29) is 5.82 Å². The summed E-state index contributed by atoms with van der Waals surface area (Å²) < 4.78 is 45.5. The maximum absolute atomic E-state index is 13.7. The second-order valence-corrected chi connectivity index (χ2v) is 10.5. The number of ether oxygens (including phenoxy) is 1. The van der Waals surface area contributed by atoms with Crippen LogP contribution in [0, 0.1) is 5.82 Å². The number of nitrogens with zero attached hydrogens (tertiary/aromatic N) is 1. The molecule has 0 aliphatic heterocycles. The molecule has 1 amide bonds. The highest BCUT2D eigenvalue weighted by atomic mass is 32.2. The highest BCUT2D eigenvalue weighted by Crippen LogP contribution is 2.27. The Morgan fingerprint density at radius 3 is 2.26 bits per heavy atom. The number of benzene rings is 3. The lowest BCUT2D eigenvalue weighted by Crippen LogP contribution is -2.48. The average molecular weight is 503 g/mol. The number of thioether (sulfide) groups is 1. The van der Waals surface area contributed by atoms with E-state index in [2.05, 4.69) is 5.32 Å². The Morgan fingerprint density at radius 1 is 1.00 bits per heavy atom. The number of hydrogen-bond donors (Lipinski definition) is 1. The molecule has 0 saturated carbocycles. The molecule has 0 saturated heterocycles. The predicted octanol–water partition coefficient (Wildman–Crippen LogP) is 4.82. The summed E-state index contributed by atoms with van der Waals surface area (Å²) in [5, 5.41) is 2.77. The van der Waals surface area contributed by atoms with Gasteiger partial charge in [0, 0.05) is 18.1 Å². The molecule has 180 valence electrons. The van der Waals surface area contributed by atoms with Gasteiger partial charge in [-0.15, -0.1) is 0 Å². The lowest BCUT2D eigenvalue weighted by molar-refractivity contribution is -0.121. The summed E-state index contributed by atoms with van der Waals surface area (Å²) in [6.45, 7) is 1.88. The predicted molar refractivity (Wildman–Crippen MR) is 135 cm³/mol. The highest BCUT2D eigenvalue weighted by molar-refractivity contribution is 7.98. The first-order valence-electron chi connectivity index (χ1n) is 10.7. The molecule has 0 heterocycles. The van der Waals surface area contributed by atoms with Crippen LogP contribution in [0.4, 0.5) is 10.1 Å². The Balaban J connectivity index is 1.57. The Morgan fingerprint density at radius 2 is 1.62 bits per heavy atom. The van der Waals surface area contributed by atoms with Crippen molar-refractivity contribution in [1.82, 2.24) is 5.32 Å². The van der Waals surface area contributed by atoms with Crippen LogP contribution < -0.4 is 14.4 Å². The molecule has 0 bridgehead atoms. The van der Waals surface area contributed by atoms with Crippen molar-refractivity contribution in [3.05, 3.63) is 90.2 Å². The molecule has 3 aromatic carbocycles. The van der Waals surface area contributed by atoms with Gasteiger partial charge in [-0.1, -0.05) is 36.4 Å². The first-order chi connectivity index (χ1) is 16.3. The first-order valence-corrected chi connectivity index (χ1v) is 13.7. The highest BCUT2D eigenvalue weighted by Gasteiger charge is 2.29. The van der Waals surface area contributed by atoms with Crippen molar-refractivity contribution in [2.45, 2.75) is 18.7 Å². The fourth-order valence-corrected chi connectivity index (χ4v) is 5.31. The first kappa shape index (κ1) is 25.6. The molecule has 0 spiro atoms. The molecule has 0 fully saturated rings. The normalized spacial score (nSPS) is 12.1. The number of nitrogens with one attached hydrogen (secondary N) is 1. The van der Waals surface area contributed by atoms with Crippen LogP contribution in [0.25, 0.3) is 0 Å². The zero-order valence-corrected chi connectivity index (χ0v) is 20.6. The van der Waals surface area contributed by atoms with Gasteiger partial charge in [0.2, 0.25) is 15.9 Å². The van der Waals surface area contributed by atoms with Crippen LogP contribution in [0.3, 0.4) is 0 Å². The van der Waals surface area contributed by atoms with Gasteiger partial charge in [0.1, 0.15) is 23.4 Å². The van der Waals surface area contributed by atoms with Crippen molar-refractivity contribution in [2.75, 3.05) is 22.9 Å². The maximum atomic E-state index is 13.7. The minimum atomic E-state index is -3.73. The Bertz CT molecular complexity index is 1190. The van der Waals surface area contributed by atoms with E-state index in [4.69, 9.17) is 4.74 Å². The van der Waals surface area contributed by atoms with Crippen LogP contribution in [-0.4, -0.2) is 38.9 Å². The van der Waals surface area contributed by atoms with Crippen LogP contribution in [0.5, 0.6) is 11.5 Å². The molecule has 9 heteroatoms. The lowest BCUT2D eigenvalue weighted by atomic mass is 10.2. The van der Waals surface area contributed by atoms with E-state index in [0.29, 0.717) is 40.8 Å². The summed E-state index contributed by atoms with van der Waals surface area (Å²) in [5.74, 6) is 1.60. The number of anilines is 1. The van der Waals surface area contributed by atoms with Crippen molar-refractivity contribution >= 4 is 33.4 Å². The van der Waals surface area contributed by atoms with E-state index in [1.165, 1.54) is 24.8 Å². The number of amides is 1. The Labute approximate surface area is 204 Å². The number of rotatable bonds is 11. The van der Waals surface area contributed by atoms with Gasteiger partial charge in [0.25, 0.3) is 0 Å². The van der Waals surface area contributed by atoms with Crippen LogP contribution in [0.1, 0.15) is 12.5 Å². The molecule has 3 rings (SSSR count). The van der Waals surface area contributed by atoms with Crippen molar-refractivity contribution < 1.29 is 22.3 Å². The fourth-order valence-electron chi connectivity index (χ4n) is 3.29. The molecule has 1 atom stereocenters. The molecule has 34 heavy (non-hydrogen) atoms. The van der Waals surface area contributed by atoms with Gasteiger partial charge < -0.3 is 10.1 Å². The van der Waals surface area contributed by atoms with E-state index in [9.17, 15) is 17.6 Å². The molecule has 0 aliphatic carbocycles. The third kappa shape index (κ3) is 7.23. The lowest BCUT2D eigenvalue weighted by Gasteiger charge is -2.28. The summed E-state index contributed by atoms with van der Waals surface area (Å²) in [4.78, 5) is 12.7. The molecule has 0 aromatic heterocycles. The topological polar surface area (TPSA) is 75.7 Å². The quantitative estimate of drug-likeness (QED) is 0.381. The van der Waals surface area contributed by atoms with Gasteiger partial charge in [-0.05, 0) is 55.0 Å². The largest absolute Gasteiger partial charge is 0.457 e. The molecule has 1 N–H and O–H groups in total. The second kappa shape index (κ2) is 11.9. The van der Waals surface area contributed by atoms with Crippen LogP contribution in [0.15, 0.2) is 78.9 Å². The summed E-state index contributed by atoms with van der Waals surface area (Å²) in [6.07, 6.45) is 1.06. The van der Waals surface area contributed by atoms with Gasteiger partial charge in [-0.3, -0.25) is 9.10 Å². The number of para-hydroxylation sites is 1. The number of sulfonamides is 1. The number of carbonyl (C=O) groups is 1. The Hall–Kier alpha value is -3.04. The molecular formula is C25H27FN2O4S2. The van der Waals surface area contributed by atoms with Gasteiger partial charge in [0.05, 0.1) is 11.9 Å². The summed E-state index contributed by atoms with van der Waals surface area (Å²) >= 11 is 1.49. The van der Waals surface area contributed by atoms with E-state index < -0.39 is 22.0 Å². The average Bonchev–Trinajstić information content (AvgIpc) is 2.81. The SMILES string of the molecule is C[C@H](C(=O)NCCSCc1ccccc1F)N(c1ccc(Oc2ccccc2)cc1)S(C)(=O)=O. The van der Waals surface area contributed by atoms with Gasteiger partial charge in [0.15, 0.2) is 0 Å². The zero-order chi connectivity index (χ0) is 24.6. The number of carbonyl (C=O) groups excluding carboxylic acids is 1. The number of hydrogen-bond acceptors (Lipinski definition) is 5. The van der Waals surface area contributed by atoms with E-state index >= 15 is 0 Å². The molecule has 6 nitrogen and oxygen atoms in total. The maximum Gasteiger partial charge on any atom is 0.243 e. The van der Waals surface area contributed by atoms with Crippen molar-refractivity contribution in [3.63, 3.8) is 0 Å². The standard InChI is InChI=1S/C25H27FN2O4S2/c1-19(25(29)27-16-17-33-18-20-8-6-7-11-24(20)26)28(34(2,30)31)21-12-14-23(15-13-21)32-22-9-4-3-5-10-22/h3-15,19H,16-18H2,1-2H3,(H,27,29)/t19-/m1/s1. The summed E-state index contributed by atoms with van der Waals surface area (Å²) in [6, 6.07) is 21.4. The van der Waals surface area contributed by atoms with E-state index in [0.717, 1.165) is 10.6 Å². The van der Waals surface area contributed by atoms with Crippen molar-refractivity contribution in [3.8, 4) is 11.5 Å². The molecule has 0 radical (unpaired) electrons. The van der Waals surface area contributed by atoms with E-state index in [1.54, 1.807) is 42.5 Å². The minimum Gasteiger partial charge on any atom is -0.457 e. The zero-order valence-electron chi connectivity index (χ0n) is 19.0. The van der Waals surface area contributed by atoms with Crippen LogP contribution in [-0.2, 0) is 20.6 Å². The monoisotopic (exact) mass is 502 g/mol. The van der Waals surface area contributed by atoms with Gasteiger partial charge in [-0.2, -0.15) is 11.8 Å². The molecular weight excluding hydrogens is 475 g/mol. The minimum absolute atomic E-state index is 0.253. The second-order valence-electron chi connectivity index (χ2n) is 7.58. The van der Waals surface area contributed by atoms with E-state index in [1.807, 2.05) is 30.3 Å². The van der Waals surface area contributed by atoms with Crippen molar-refractivity contribution in [2.24, 2.45) is 0 Å². The number of halogens is 1. The fraction of sp³-hybridized carbons (Fsp3) is 0.240. The summed E-state index contributed by atoms with van der Waals surface area (Å²) in [5.41, 5.74) is 0.967. The van der Waals surface area contributed by atoms with Gasteiger partial charge in [-0.25, -0.2) is 12.8 Å². The third-order valence-electron chi connectivity index (χ3n) is 4.92. The Kier molecular flexibility index (Phi) is 8.95. The molecule has 0 unspecified atom stereocenters. The molecule has 0 aliphatic rings. The van der Waals surface area contributed by atoms with Crippen LogP contribution in [0.2, 0.25) is 0 Å². The summed E-state index contributed by atoms with van der Waals surface area (Å²) in [7, 11) is -3.73. The third-order valence-corrected chi connectivity index (χ3v) is 7.17. The van der Waals surface area contributed by atoms with Crippen molar-refractivity contribution in [1.29, 1.82) is 0 Å².